The van der Waals surface area contributed by atoms with E-state index in [0.717, 1.165) is 13.1 Å². The summed E-state index contributed by atoms with van der Waals surface area (Å²) >= 11 is 0. The lowest BCUT2D eigenvalue weighted by Crippen LogP contribution is -2.48. The normalized spacial score (nSPS) is 28.5. The van der Waals surface area contributed by atoms with Crippen molar-refractivity contribution in [2.75, 3.05) is 19.6 Å². The second-order valence-corrected chi connectivity index (χ2v) is 6.65. The van der Waals surface area contributed by atoms with Crippen molar-refractivity contribution in [3.63, 3.8) is 0 Å². The molecule has 3 N–H and O–H groups in total. The Morgan fingerprint density at radius 2 is 1.91 bits per heavy atom. The summed E-state index contributed by atoms with van der Waals surface area (Å²) in [4.78, 5) is 12.6. The molecule has 0 aromatic heterocycles. The maximum Gasteiger partial charge on any atom is 0.256 e. The molecule has 1 aliphatic carbocycles. The third-order valence-electron chi connectivity index (χ3n) is 5.16. The SMILES string of the molecule is CC(C)[C@](O)(C(=O)NC[C@H]1[C@@H]2CNC[C@@H]21)c1ccccc1.Cl. The molecule has 2 fully saturated rings. The van der Waals surface area contributed by atoms with Crippen molar-refractivity contribution < 1.29 is 9.90 Å². The van der Waals surface area contributed by atoms with Crippen LogP contribution in [-0.2, 0) is 10.4 Å². The third-order valence-corrected chi connectivity index (χ3v) is 5.16. The molecule has 1 heterocycles. The fourth-order valence-electron chi connectivity index (χ4n) is 3.61. The molecular weight excluding hydrogens is 300 g/mol. The lowest BCUT2D eigenvalue weighted by atomic mass is 9.82. The Hall–Kier alpha value is -1.10. The Bertz CT molecular complexity index is 513. The number of carbonyl (C=O) groups excluding carboxylic acids is 1. The number of piperidine rings is 1. The van der Waals surface area contributed by atoms with Crippen LogP contribution in [0.25, 0.3) is 0 Å². The molecule has 0 bridgehead atoms. The molecule has 2 aliphatic rings. The molecule has 0 unspecified atom stereocenters. The van der Waals surface area contributed by atoms with Crippen LogP contribution in [0.1, 0.15) is 19.4 Å². The van der Waals surface area contributed by atoms with Gasteiger partial charge in [0, 0.05) is 6.54 Å². The van der Waals surface area contributed by atoms with Gasteiger partial charge in [0.1, 0.15) is 0 Å². The van der Waals surface area contributed by atoms with Crippen molar-refractivity contribution in [2.24, 2.45) is 23.7 Å². The van der Waals surface area contributed by atoms with Crippen molar-refractivity contribution in [3.05, 3.63) is 35.9 Å². The van der Waals surface area contributed by atoms with E-state index in [1.165, 1.54) is 0 Å². The predicted molar refractivity (Wildman–Crippen MR) is 88.8 cm³/mol. The lowest BCUT2D eigenvalue weighted by molar-refractivity contribution is -0.146. The fourth-order valence-corrected chi connectivity index (χ4v) is 3.61. The molecule has 1 saturated heterocycles. The molecule has 4 nitrogen and oxygen atoms in total. The molecule has 3 rings (SSSR count). The van der Waals surface area contributed by atoms with Crippen LogP contribution in [0.15, 0.2) is 30.3 Å². The first kappa shape index (κ1) is 17.3. The van der Waals surface area contributed by atoms with Crippen LogP contribution in [0.2, 0.25) is 0 Å². The number of rotatable bonds is 5. The Labute approximate surface area is 138 Å². The summed E-state index contributed by atoms with van der Waals surface area (Å²) in [7, 11) is 0. The Kier molecular flexibility index (Phi) is 5.15. The quantitative estimate of drug-likeness (QED) is 0.770. The van der Waals surface area contributed by atoms with Crippen molar-refractivity contribution in [3.8, 4) is 0 Å². The molecule has 1 aromatic carbocycles. The number of hydrogen-bond donors (Lipinski definition) is 3. The van der Waals surface area contributed by atoms with Gasteiger partial charge in [0.25, 0.3) is 5.91 Å². The molecular formula is C17H25ClN2O2. The van der Waals surface area contributed by atoms with Crippen LogP contribution in [0.4, 0.5) is 0 Å². The summed E-state index contributed by atoms with van der Waals surface area (Å²) in [5.41, 5.74) is -0.793. The van der Waals surface area contributed by atoms with Crippen LogP contribution >= 0.6 is 12.4 Å². The summed E-state index contributed by atoms with van der Waals surface area (Å²) in [6, 6.07) is 9.23. The van der Waals surface area contributed by atoms with Gasteiger partial charge in [-0.25, -0.2) is 0 Å². The molecule has 0 radical (unpaired) electrons. The van der Waals surface area contributed by atoms with Gasteiger partial charge in [0.05, 0.1) is 0 Å². The minimum atomic E-state index is -1.45. The maximum absolute atomic E-state index is 12.6. The second-order valence-electron chi connectivity index (χ2n) is 6.65. The van der Waals surface area contributed by atoms with Crippen molar-refractivity contribution in [1.82, 2.24) is 10.6 Å². The van der Waals surface area contributed by atoms with Gasteiger partial charge in [-0.3, -0.25) is 4.79 Å². The zero-order valence-electron chi connectivity index (χ0n) is 13.1. The Morgan fingerprint density at radius 3 is 2.45 bits per heavy atom. The molecule has 1 saturated carbocycles. The standard InChI is InChI=1S/C17H24N2O2.ClH/c1-11(2)17(21,12-6-4-3-5-7-12)16(20)19-10-15-13-8-18-9-14(13)15;/h3-7,11,13-15,18,21H,8-10H2,1-2H3,(H,19,20);1H/t13-,14+,15+,17-;/m1./s1. The highest BCUT2D eigenvalue weighted by Gasteiger charge is 2.53. The number of halogens is 1. The smallest absolute Gasteiger partial charge is 0.256 e. The number of nitrogens with one attached hydrogen (secondary N) is 2. The number of fused-ring (bicyclic) bond motifs is 1. The molecule has 0 spiro atoms. The van der Waals surface area contributed by atoms with Gasteiger partial charge >= 0.3 is 0 Å². The summed E-state index contributed by atoms with van der Waals surface area (Å²) in [6.45, 7) is 6.57. The van der Waals surface area contributed by atoms with Gasteiger partial charge < -0.3 is 15.7 Å². The van der Waals surface area contributed by atoms with E-state index >= 15 is 0 Å². The average Bonchev–Trinajstić information content (AvgIpc) is 2.93. The number of hydrogen-bond acceptors (Lipinski definition) is 3. The number of aliphatic hydroxyl groups is 1. The van der Waals surface area contributed by atoms with E-state index < -0.39 is 5.60 Å². The van der Waals surface area contributed by atoms with Gasteiger partial charge in [-0.05, 0) is 42.3 Å². The highest BCUT2D eigenvalue weighted by atomic mass is 35.5. The minimum absolute atomic E-state index is 0. The number of carbonyl (C=O) groups is 1. The molecule has 22 heavy (non-hydrogen) atoms. The minimum Gasteiger partial charge on any atom is -0.375 e. The van der Waals surface area contributed by atoms with E-state index in [0.29, 0.717) is 29.9 Å². The van der Waals surface area contributed by atoms with Crippen LogP contribution in [0.3, 0.4) is 0 Å². The van der Waals surface area contributed by atoms with Crippen LogP contribution in [0, 0.1) is 23.7 Å². The number of amides is 1. The van der Waals surface area contributed by atoms with E-state index in [4.69, 9.17) is 0 Å². The summed E-state index contributed by atoms with van der Waals surface area (Å²) in [6.07, 6.45) is 0. The van der Waals surface area contributed by atoms with E-state index in [1.807, 2.05) is 44.2 Å². The van der Waals surface area contributed by atoms with Crippen molar-refractivity contribution in [1.29, 1.82) is 0 Å². The highest BCUT2D eigenvalue weighted by molar-refractivity contribution is 5.86. The topological polar surface area (TPSA) is 61.4 Å². The highest BCUT2D eigenvalue weighted by Crippen LogP contribution is 2.48. The predicted octanol–water partition coefficient (Wildman–Crippen LogP) is 1.53. The first-order valence-corrected chi connectivity index (χ1v) is 7.82. The molecule has 122 valence electrons. The van der Waals surface area contributed by atoms with Crippen molar-refractivity contribution >= 4 is 18.3 Å². The lowest BCUT2D eigenvalue weighted by Gasteiger charge is -2.31. The molecule has 1 aromatic rings. The third kappa shape index (κ3) is 2.87. The van der Waals surface area contributed by atoms with Gasteiger partial charge in [0.15, 0.2) is 5.60 Å². The van der Waals surface area contributed by atoms with Crippen LogP contribution in [0.5, 0.6) is 0 Å². The Morgan fingerprint density at radius 1 is 1.32 bits per heavy atom. The monoisotopic (exact) mass is 324 g/mol. The van der Waals surface area contributed by atoms with Gasteiger partial charge in [-0.15, -0.1) is 12.4 Å². The van der Waals surface area contributed by atoms with Crippen LogP contribution < -0.4 is 10.6 Å². The Balaban J connectivity index is 0.00000176. The summed E-state index contributed by atoms with van der Waals surface area (Å²) in [5, 5.41) is 17.3. The van der Waals surface area contributed by atoms with E-state index in [9.17, 15) is 9.90 Å². The largest absolute Gasteiger partial charge is 0.375 e. The fraction of sp³-hybridized carbons (Fsp3) is 0.588. The van der Waals surface area contributed by atoms with Crippen LogP contribution in [-0.4, -0.2) is 30.6 Å². The van der Waals surface area contributed by atoms with Gasteiger partial charge in [0.2, 0.25) is 0 Å². The first-order chi connectivity index (χ1) is 10.0. The first-order valence-electron chi connectivity index (χ1n) is 7.82. The summed E-state index contributed by atoms with van der Waals surface area (Å²) in [5.74, 6) is 1.56. The van der Waals surface area contributed by atoms with E-state index in [2.05, 4.69) is 10.6 Å². The molecule has 1 amide bonds. The van der Waals surface area contributed by atoms with E-state index in [1.54, 1.807) is 0 Å². The van der Waals surface area contributed by atoms with Gasteiger partial charge in [-0.2, -0.15) is 0 Å². The maximum atomic E-state index is 12.6. The molecule has 1 aliphatic heterocycles. The average molecular weight is 325 g/mol. The molecule has 5 heteroatoms. The zero-order chi connectivity index (χ0) is 15.0. The zero-order valence-corrected chi connectivity index (χ0v) is 13.9. The molecule has 4 atom stereocenters. The second kappa shape index (κ2) is 6.57. The van der Waals surface area contributed by atoms with E-state index in [-0.39, 0.29) is 24.2 Å². The van der Waals surface area contributed by atoms with Gasteiger partial charge in [-0.1, -0.05) is 44.2 Å². The summed E-state index contributed by atoms with van der Waals surface area (Å²) < 4.78 is 0. The number of benzene rings is 1. The van der Waals surface area contributed by atoms with Crippen molar-refractivity contribution in [2.45, 2.75) is 19.4 Å².